The summed E-state index contributed by atoms with van der Waals surface area (Å²) in [7, 11) is 0. The molecule has 0 saturated heterocycles. The van der Waals surface area contributed by atoms with Crippen LogP contribution in [0.15, 0.2) is 48.5 Å². The van der Waals surface area contributed by atoms with Crippen molar-refractivity contribution in [1.29, 1.82) is 0 Å². The number of aliphatic carboxylic acids is 1. The van der Waals surface area contributed by atoms with Gasteiger partial charge in [0, 0.05) is 10.6 Å². The van der Waals surface area contributed by atoms with Crippen LogP contribution in [0.1, 0.15) is 16.0 Å². The van der Waals surface area contributed by atoms with Crippen LogP contribution >= 0.6 is 27.5 Å². The summed E-state index contributed by atoms with van der Waals surface area (Å²) in [4.78, 5) is 10.3. The molecule has 1 unspecified atom stereocenters. The van der Waals surface area contributed by atoms with Gasteiger partial charge in [-0.2, -0.15) is 0 Å². The van der Waals surface area contributed by atoms with E-state index in [4.69, 9.17) is 26.2 Å². The van der Waals surface area contributed by atoms with Gasteiger partial charge in [0.1, 0.15) is 17.2 Å². The lowest BCUT2D eigenvalue weighted by Gasteiger charge is -2.14. The van der Waals surface area contributed by atoms with Crippen molar-refractivity contribution in [1.82, 2.24) is 0 Å². The average molecular weight is 400 g/mol. The Kier molecular flexibility index (Phi) is 6.89. The summed E-state index contributed by atoms with van der Waals surface area (Å²) in [6.07, 6.45) is 0. The van der Waals surface area contributed by atoms with Gasteiger partial charge in [-0.15, -0.1) is 0 Å². The van der Waals surface area contributed by atoms with E-state index in [1.54, 1.807) is 18.2 Å². The lowest BCUT2D eigenvalue weighted by molar-refractivity contribution is -0.136. The molecule has 0 aliphatic heterocycles. The molecule has 2 aromatic rings. The SMILES string of the molecule is O=C(O)C(Br)c1ccc(Cl)cc1OCCOCc1ccccc1. The van der Waals surface area contributed by atoms with Gasteiger partial charge in [0.25, 0.3) is 0 Å². The monoisotopic (exact) mass is 398 g/mol. The molecular formula is C17H16BrClO4. The molecule has 2 aromatic carbocycles. The van der Waals surface area contributed by atoms with E-state index in [2.05, 4.69) is 15.9 Å². The summed E-state index contributed by atoms with van der Waals surface area (Å²) in [5.74, 6) is -0.553. The summed E-state index contributed by atoms with van der Waals surface area (Å²) < 4.78 is 11.2. The highest BCUT2D eigenvalue weighted by molar-refractivity contribution is 9.09. The van der Waals surface area contributed by atoms with Gasteiger partial charge in [-0.1, -0.05) is 63.9 Å². The molecule has 1 N–H and O–H groups in total. The van der Waals surface area contributed by atoms with E-state index in [-0.39, 0.29) is 0 Å². The second-order valence-electron chi connectivity index (χ2n) is 4.77. The van der Waals surface area contributed by atoms with Crippen LogP contribution in [0.25, 0.3) is 0 Å². The molecule has 23 heavy (non-hydrogen) atoms. The zero-order valence-corrected chi connectivity index (χ0v) is 14.6. The Balaban J connectivity index is 1.87. The first kappa shape index (κ1) is 17.8. The van der Waals surface area contributed by atoms with Gasteiger partial charge in [0.2, 0.25) is 0 Å². The normalized spacial score (nSPS) is 11.9. The predicted octanol–water partition coefficient (Wildman–Crippen LogP) is 4.46. The minimum atomic E-state index is -0.988. The van der Waals surface area contributed by atoms with Crippen molar-refractivity contribution < 1.29 is 19.4 Å². The third-order valence-corrected chi connectivity index (χ3v) is 4.18. The Morgan fingerprint density at radius 1 is 1.17 bits per heavy atom. The maximum atomic E-state index is 11.1. The maximum absolute atomic E-state index is 11.1. The summed E-state index contributed by atoms with van der Waals surface area (Å²) in [5, 5.41) is 9.59. The van der Waals surface area contributed by atoms with Gasteiger partial charge < -0.3 is 14.6 Å². The van der Waals surface area contributed by atoms with E-state index in [0.717, 1.165) is 5.56 Å². The molecule has 0 saturated carbocycles. The molecule has 6 heteroatoms. The first-order valence-corrected chi connectivity index (χ1v) is 8.28. The lowest BCUT2D eigenvalue weighted by atomic mass is 10.1. The maximum Gasteiger partial charge on any atom is 0.321 e. The second kappa shape index (κ2) is 8.91. The molecule has 2 rings (SSSR count). The quantitative estimate of drug-likeness (QED) is 0.526. The highest BCUT2D eigenvalue weighted by Crippen LogP contribution is 2.33. The van der Waals surface area contributed by atoms with Crippen LogP contribution in [0, 0.1) is 0 Å². The van der Waals surface area contributed by atoms with Gasteiger partial charge in [0.15, 0.2) is 0 Å². The Bertz CT molecular complexity index is 648. The smallest absolute Gasteiger partial charge is 0.321 e. The van der Waals surface area contributed by atoms with Crippen molar-refractivity contribution in [2.24, 2.45) is 0 Å². The number of carboxylic acids is 1. The van der Waals surface area contributed by atoms with E-state index < -0.39 is 10.8 Å². The van der Waals surface area contributed by atoms with Crippen molar-refractivity contribution in [3.63, 3.8) is 0 Å². The molecule has 0 amide bonds. The van der Waals surface area contributed by atoms with E-state index in [1.807, 2.05) is 30.3 Å². The minimum absolute atomic E-state index is 0.305. The van der Waals surface area contributed by atoms with Gasteiger partial charge in [-0.05, 0) is 17.7 Å². The van der Waals surface area contributed by atoms with Crippen LogP contribution in [-0.2, 0) is 16.1 Å². The molecule has 0 aliphatic carbocycles. The zero-order valence-electron chi connectivity index (χ0n) is 12.2. The molecule has 0 radical (unpaired) electrons. The van der Waals surface area contributed by atoms with Crippen molar-refractivity contribution >= 4 is 33.5 Å². The van der Waals surface area contributed by atoms with Crippen LogP contribution in [0.5, 0.6) is 5.75 Å². The number of alkyl halides is 1. The molecule has 0 aromatic heterocycles. The standard InChI is InChI=1S/C17H16BrClO4/c18-16(17(20)21)14-7-6-13(19)10-15(14)23-9-8-22-11-12-4-2-1-3-5-12/h1-7,10,16H,8-9,11H2,(H,20,21). The molecule has 0 bridgehead atoms. The molecule has 0 spiro atoms. The van der Waals surface area contributed by atoms with E-state index in [0.29, 0.717) is 36.2 Å². The highest BCUT2D eigenvalue weighted by atomic mass is 79.9. The summed E-state index contributed by atoms with van der Waals surface area (Å²) in [6.45, 7) is 1.20. The van der Waals surface area contributed by atoms with Crippen molar-refractivity contribution in [3.05, 3.63) is 64.7 Å². The zero-order chi connectivity index (χ0) is 16.7. The van der Waals surface area contributed by atoms with Crippen LogP contribution in [-0.4, -0.2) is 24.3 Å². The minimum Gasteiger partial charge on any atom is -0.491 e. The number of halogens is 2. The number of ether oxygens (including phenoxy) is 2. The summed E-state index contributed by atoms with van der Waals surface area (Å²) in [5.41, 5.74) is 1.60. The Labute approximate surface area is 148 Å². The van der Waals surface area contributed by atoms with E-state index in [1.165, 1.54) is 0 Å². The van der Waals surface area contributed by atoms with Gasteiger partial charge in [-0.25, -0.2) is 0 Å². The molecule has 0 fully saturated rings. The molecule has 0 heterocycles. The number of hydrogen-bond donors (Lipinski definition) is 1. The van der Waals surface area contributed by atoms with Crippen LogP contribution in [0.3, 0.4) is 0 Å². The number of benzene rings is 2. The van der Waals surface area contributed by atoms with Gasteiger partial charge >= 0.3 is 5.97 Å². The highest BCUT2D eigenvalue weighted by Gasteiger charge is 2.20. The Morgan fingerprint density at radius 2 is 1.91 bits per heavy atom. The topological polar surface area (TPSA) is 55.8 Å². The number of rotatable bonds is 8. The Morgan fingerprint density at radius 3 is 2.61 bits per heavy atom. The van der Waals surface area contributed by atoms with Crippen LogP contribution < -0.4 is 4.74 Å². The summed E-state index contributed by atoms with van der Waals surface area (Å²) >= 11 is 9.07. The van der Waals surface area contributed by atoms with Crippen LogP contribution in [0.2, 0.25) is 5.02 Å². The fourth-order valence-corrected chi connectivity index (χ4v) is 2.49. The molecular weight excluding hydrogens is 384 g/mol. The third-order valence-electron chi connectivity index (χ3n) is 3.06. The van der Waals surface area contributed by atoms with Crippen molar-refractivity contribution in [3.8, 4) is 5.75 Å². The third kappa shape index (κ3) is 5.53. The lowest BCUT2D eigenvalue weighted by Crippen LogP contribution is -2.11. The van der Waals surface area contributed by atoms with Gasteiger partial charge in [-0.3, -0.25) is 4.79 Å². The predicted molar refractivity (Wildman–Crippen MR) is 92.3 cm³/mol. The second-order valence-corrected chi connectivity index (χ2v) is 6.12. The fraction of sp³-hybridized carbons (Fsp3) is 0.235. The molecule has 1 atom stereocenters. The average Bonchev–Trinajstić information content (AvgIpc) is 2.55. The molecule has 0 aliphatic rings. The van der Waals surface area contributed by atoms with E-state index in [9.17, 15) is 4.79 Å². The van der Waals surface area contributed by atoms with Gasteiger partial charge in [0.05, 0.1) is 13.2 Å². The number of carbonyl (C=O) groups is 1. The Hall–Kier alpha value is -1.56. The number of hydrogen-bond acceptors (Lipinski definition) is 3. The first-order valence-electron chi connectivity index (χ1n) is 6.98. The first-order chi connectivity index (χ1) is 11.1. The molecule has 122 valence electrons. The fourth-order valence-electron chi connectivity index (χ4n) is 1.95. The van der Waals surface area contributed by atoms with Crippen molar-refractivity contribution in [2.45, 2.75) is 11.4 Å². The largest absolute Gasteiger partial charge is 0.491 e. The van der Waals surface area contributed by atoms with Crippen LogP contribution in [0.4, 0.5) is 0 Å². The molecule has 4 nitrogen and oxygen atoms in total. The number of carboxylic acid groups (broad SMARTS) is 1. The van der Waals surface area contributed by atoms with E-state index >= 15 is 0 Å². The summed E-state index contributed by atoms with van der Waals surface area (Å²) in [6, 6.07) is 14.7. The van der Waals surface area contributed by atoms with Crippen molar-refractivity contribution in [2.75, 3.05) is 13.2 Å².